The van der Waals surface area contributed by atoms with Gasteiger partial charge in [0.05, 0.1) is 5.38 Å². The molecule has 0 aliphatic heterocycles. The zero-order valence-electron chi connectivity index (χ0n) is 11.9. The van der Waals surface area contributed by atoms with Gasteiger partial charge in [0.15, 0.2) is 5.65 Å². The standard InChI is InChI=1S/C14H20ClN3S/c1-9-5-7-16-14-12(9)17-13(11(3)15)18(14)10(2)6-8-19-4/h5,7,10-11H,6,8H2,1-4H3. The van der Waals surface area contributed by atoms with Crippen molar-refractivity contribution in [3.05, 3.63) is 23.7 Å². The van der Waals surface area contributed by atoms with Gasteiger partial charge in [-0.05, 0) is 50.8 Å². The minimum absolute atomic E-state index is 0.106. The van der Waals surface area contributed by atoms with Crippen LogP contribution in [0.25, 0.3) is 11.2 Å². The second-order valence-electron chi connectivity index (χ2n) is 4.89. The van der Waals surface area contributed by atoms with E-state index in [4.69, 9.17) is 16.6 Å². The molecule has 0 bridgehead atoms. The second kappa shape index (κ2) is 6.14. The summed E-state index contributed by atoms with van der Waals surface area (Å²) in [5.74, 6) is 2.05. The zero-order chi connectivity index (χ0) is 14.0. The van der Waals surface area contributed by atoms with Crippen molar-refractivity contribution in [2.24, 2.45) is 0 Å². The van der Waals surface area contributed by atoms with E-state index in [1.54, 1.807) is 0 Å². The molecule has 0 spiro atoms. The van der Waals surface area contributed by atoms with Crippen LogP contribution in [0.1, 0.15) is 43.1 Å². The molecule has 2 unspecified atom stereocenters. The van der Waals surface area contributed by atoms with Gasteiger partial charge in [-0.3, -0.25) is 0 Å². The highest BCUT2D eigenvalue weighted by atomic mass is 35.5. The Morgan fingerprint density at radius 1 is 1.42 bits per heavy atom. The molecule has 104 valence electrons. The molecule has 0 saturated carbocycles. The maximum Gasteiger partial charge on any atom is 0.160 e. The van der Waals surface area contributed by atoms with Gasteiger partial charge in [-0.15, -0.1) is 11.6 Å². The van der Waals surface area contributed by atoms with Crippen molar-refractivity contribution in [1.82, 2.24) is 14.5 Å². The maximum atomic E-state index is 6.29. The van der Waals surface area contributed by atoms with Crippen molar-refractivity contribution in [3.8, 4) is 0 Å². The molecule has 0 aliphatic rings. The summed E-state index contributed by atoms with van der Waals surface area (Å²) in [6.45, 7) is 6.25. The summed E-state index contributed by atoms with van der Waals surface area (Å²) in [6, 6.07) is 2.36. The molecule has 2 heterocycles. The normalized spacial score (nSPS) is 14.8. The number of rotatable bonds is 5. The smallest absolute Gasteiger partial charge is 0.160 e. The molecule has 0 aromatic carbocycles. The van der Waals surface area contributed by atoms with Gasteiger partial charge in [-0.1, -0.05) is 0 Å². The summed E-state index contributed by atoms with van der Waals surface area (Å²) >= 11 is 8.16. The number of imidazole rings is 1. The Kier molecular flexibility index (Phi) is 4.74. The largest absolute Gasteiger partial charge is 0.309 e. The van der Waals surface area contributed by atoms with Crippen molar-refractivity contribution in [2.45, 2.75) is 38.6 Å². The molecule has 0 aliphatic carbocycles. The summed E-state index contributed by atoms with van der Waals surface area (Å²) in [7, 11) is 0. The molecule has 19 heavy (non-hydrogen) atoms. The second-order valence-corrected chi connectivity index (χ2v) is 6.53. The molecular weight excluding hydrogens is 278 g/mol. The van der Waals surface area contributed by atoms with Gasteiger partial charge in [0.2, 0.25) is 0 Å². The summed E-state index contributed by atoms with van der Waals surface area (Å²) < 4.78 is 2.20. The van der Waals surface area contributed by atoms with E-state index in [2.05, 4.69) is 29.7 Å². The van der Waals surface area contributed by atoms with Crippen LogP contribution in [0.3, 0.4) is 0 Å². The molecule has 2 aromatic heterocycles. The molecule has 5 heteroatoms. The number of alkyl halides is 1. The van der Waals surface area contributed by atoms with E-state index < -0.39 is 0 Å². The summed E-state index contributed by atoms with van der Waals surface area (Å²) in [6.07, 6.45) is 5.07. The quantitative estimate of drug-likeness (QED) is 0.769. The minimum Gasteiger partial charge on any atom is -0.309 e. The predicted molar refractivity (Wildman–Crippen MR) is 84.2 cm³/mol. The van der Waals surface area contributed by atoms with Crippen molar-refractivity contribution in [1.29, 1.82) is 0 Å². The lowest BCUT2D eigenvalue weighted by atomic mass is 10.2. The molecule has 0 fully saturated rings. The van der Waals surface area contributed by atoms with Crippen LogP contribution >= 0.6 is 23.4 Å². The number of thioether (sulfide) groups is 1. The number of pyridine rings is 1. The van der Waals surface area contributed by atoms with Crippen LogP contribution in [0.5, 0.6) is 0 Å². The molecule has 0 N–H and O–H groups in total. The number of hydrogen-bond donors (Lipinski definition) is 0. The Morgan fingerprint density at radius 2 is 2.16 bits per heavy atom. The average molecular weight is 298 g/mol. The topological polar surface area (TPSA) is 30.7 Å². The van der Waals surface area contributed by atoms with Gasteiger partial charge in [-0.25, -0.2) is 9.97 Å². The molecule has 0 radical (unpaired) electrons. The van der Waals surface area contributed by atoms with Gasteiger partial charge in [-0.2, -0.15) is 11.8 Å². The van der Waals surface area contributed by atoms with E-state index in [0.717, 1.165) is 34.7 Å². The van der Waals surface area contributed by atoms with Gasteiger partial charge in [0.25, 0.3) is 0 Å². The van der Waals surface area contributed by atoms with Crippen molar-refractivity contribution >= 4 is 34.5 Å². The van der Waals surface area contributed by atoms with Gasteiger partial charge in [0.1, 0.15) is 11.3 Å². The van der Waals surface area contributed by atoms with E-state index in [9.17, 15) is 0 Å². The number of halogens is 1. The predicted octanol–water partition coefficient (Wildman–Crippen LogP) is 4.35. The Hall–Kier alpha value is -0.740. The maximum absolute atomic E-state index is 6.29. The first-order valence-corrected chi connectivity index (χ1v) is 8.35. The van der Waals surface area contributed by atoms with E-state index >= 15 is 0 Å². The first-order valence-electron chi connectivity index (χ1n) is 6.52. The highest BCUT2D eigenvalue weighted by Crippen LogP contribution is 2.29. The Bertz CT molecular complexity index is 565. The number of aryl methyl sites for hydroxylation is 1. The molecule has 2 atom stereocenters. The fraction of sp³-hybridized carbons (Fsp3) is 0.571. The lowest BCUT2D eigenvalue weighted by Crippen LogP contribution is -2.11. The summed E-state index contributed by atoms with van der Waals surface area (Å²) in [5, 5.41) is -0.106. The molecule has 0 amide bonds. The van der Waals surface area contributed by atoms with Crippen molar-refractivity contribution in [2.75, 3.05) is 12.0 Å². The van der Waals surface area contributed by atoms with Gasteiger partial charge in [0, 0.05) is 12.2 Å². The van der Waals surface area contributed by atoms with Crippen LogP contribution in [0.15, 0.2) is 12.3 Å². The fourth-order valence-electron chi connectivity index (χ4n) is 2.26. The van der Waals surface area contributed by atoms with Crippen LogP contribution in [0.4, 0.5) is 0 Å². The van der Waals surface area contributed by atoms with E-state index in [1.807, 2.05) is 30.9 Å². The van der Waals surface area contributed by atoms with Gasteiger partial charge < -0.3 is 4.57 Å². The number of aromatic nitrogens is 3. The summed E-state index contributed by atoms with van der Waals surface area (Å²) in [4.78, 5) is 9.21. The molecular formula is C14H20ClN3S. The zero-order valence-corrected chi connectivity index (χ0v) is 13.4. The molecule has 2 aromatic rings. The van der Waals surface area contributed by atoms with Crippen molar-refractivity contribution < 1.29 is 0 Å². The van der Waals surface area contributed by atoms with Crippen LogP contribution in [-0.4, -0.2) is 26.5 Å². The number of nitrogens with zero attached hydrogens (tertiary/aromatic N) is 3. The van der Waals surface area contributed by atoms with Crippen LogP contribution < -0.4 is 0 Å². The Balaban J connectivity index is 2.55. The van der Waals surface area contributed by atoms with Crippen LogP contribution in [0.2, 0.25) is 0 Å². The molecule has 3 nitrogen and oxygen atoms in total. The molecule has 2 rings (SSSR count). The van der Waals surface area contributed by atoms with Gasteiger partial charge >= 0.3 is 0 Å². The lowest BCUT2D eigenvalue weighted by Gasteiger charge is -2.17. The lowest BCUT2D eigenvalue weighted by molar-refractivity contribution is 0.522. The van der Waals surface area contributed by atoms with Crippen LogP contribution in [0, 0.1) is 6.92 Å². The average Bonchev–Trinajstić information content (AvgIpc) is 2.77. The number of fused-ring (bicyclic) bond motifs is 1. The minimum atomic E-state index is -0.106. The Morgan fingerprint density at radius 3 is 2.79 bits per heavy atom. The van der Waals surface area contributed by atoms with Crippen LogP contribution in [-0.2, 0) is 0 Å². The highest BCUT2D eigenvalue weighted by molar-refractivity contribution is 7.98. The molecule has 0 saturated heterocycles. The van der Waals surface area contributed by atoms with Crippen molar-refractivity contribution in [3.63, 3.8) is 0 Å². The third-order valence-electron chi connectivity index (χ3n) is 3.34. The first kappa shape index (κ1) is 14.7. The SMILES string of the molecule is CSCCC(C)n1c(C(C)Cl)nc2c(C)ccnc21. The highest BCUT2D eigenvalue weighted by Gasteiger charge is 2.20. The van der Waals surface area contributed by atoms with E-state index in [1.165, 1.54) is 0 Å². The third kappa shape index (κ3) is 2.90. The third-order valence-corrected chi connectivity index (χ3v) is 4.18. The summed E-state index contributed by atoms with van der Waals surface area (Å²) in [5.41, 5.74) is 3.08. The van der Waals surface area contributed by atoms with E-state index in [0.29, 0.717) is 6.04 Å². The number of hydrogen-bond acceptors (Lipinski definition) is 3. The monoisotopic (exact) mass is 297 g/mol. The first-order chi connectivity index (χ1) is 9.06. The Labute approximate surface area is 123 Å². The fourth-order valence-corrected chi connectivity index (χ4v) is 2.99. The van der Waals surface area contributed by atoms with E-state index in [-0.39, 0.29) is 5.38 Å².